The lowest BCUT2D eigenvalue weighted by molar-refractivity contribution is 0.402. The van der Waals surface area contributed by atoms with E-state index >= 15 is 0 Å². The van der Waals surface area contributed by atoms with E-state index in [0.717, 1.165) is 38.6 Å². The van der Waals surface area contributed by atoms with E-state index in [0.29, 0.717) is 0 Å². The van der Waals surface area contributed by atoms with Gasteiger partial charge in [-0.25, -0.2) is 0 Å². The van der Waals surface area contributed by atoms with Crippen molar-refractivity contribution in [3.8, 4) is 0 Å². The Bertz CT molecular complexity index is 782. The lowest BCUT2D eigenvalue weighted by Crippen LogP contribution is -2.43. The van der Waals surface area contributed by atoms with Crippen LogP contribution in [0.15, 0.2) is 65.7 Å². The van der Waals surface area contributed by atoms with Crippen molar-refractivity contribution in [1.82, 2.24) is 15.1 Å². The topological polar surface area (TPSA) is 30.9 Å². The highest BCUT2D eigenvalue weighted by molar-refractivity contribution is 14.0. The van der Waals surface area contributed by atoms with Crippen molar-refractivity contribution >= 4 is 35.5 Å². The molecule has 4 nitrogen and oxygen atoms in total. The second-order valence-electron chi connectivity index (χ2n) is 7.25. The first-order valence-corrected chi connectivity index (χ1v) is 9.58. The average molecular weight is 490 g/mol. The third-order valence-electron chi connectivity index (χ3n) is 4.84. The van der Waals surface area contributed by atoms with Gasteiger partial charge in [-0.2, -0.15) is 0 Å². The number of aliphatic imine (C=N–C) groups is 1. The normalized spacial score (nSPS) is 14.5. The Hall–Kier alpha value is -1.86. The average Bonchev–Trinajstić information content (AvgIpc) is 2.70. The number of hydrogen-bond donors (Lipinski definition) is 1. The first-order valence-electron chi connectivity index (χ1n) is 9.58. The smallest absolute Gasteiger partial charge is 0.194 e. The largest absolute Gasteiger partial charge is 0.352 e. The lowest BCUT2D eigenvalue weighted by Gasteiger charge is -2.30. The molecular weight excluding hydrogens is 459 g/mol. The third kappa shape index (κ3) is 6.34. The minimum atomic E-state index is 0. The van der Waals surface area contributed by atoms with Gasteiger partial charge >= 0.3 is 0 Å². The van der Waals surface area contributed by atoms with Crippen molar-refractivity contribution < 1.29 is 0 Å². The lowest BCUT2D eigenvalue weighted by atomic mass is 10.00. The van der Waals surface area contributed by atoms with Crippen LogP contribution in [0.5, 0.6) is 0 Å². The van der Waals surface area contributed by atoms with Crippen LogP contribution in [0.25, 0.3) is 5.57 Å². The molecule has 1 heterocycles. The molecule has 0 fully saturated rings. The van der Waals surface area contributed by atoms with Crippen LogP contribution in [0.2, 0.25) is 0 Å². The first kappa shape index (κ1) is 22.4. The fraction of sp³-hybridized carbons (Fsp3) is 0.348. The minimum Gasteiger partial charge on any atom is -0.352 e. The van der Waals surface area contributed by atoms with E-state index in [9.17, 15) is 0 Å². The summed E-state index contributed by atoms with van der Waals surface area (Å²) in [7, 11) is 6.05. The van der Waals surface area contributed by atoms with Crippen molar-refractivity contribution in [2.24, 2.45) is 4.99 Å². The highest BCUT2D eigenvalue weighted by atomic mass is 127. The molecule has 1 N–H and O–H groups in total. The molecule has 2 aromatic rings. The van der Waals surface area contributed by atoms with Crippen molar-refractivity contribution in [2.75, 3.05) is 34.2 Å². The highest BCUT2D eigenvalue weighted by Crippen LogP contribution is 2.22. The van der Waals surface area contributed by atoms with Gasteiger partial charge in [-0.3, -0.25) is 4.99 Å². The predicted octanol–water partition coefficient (Wildman–Crippen LogP) is 4.23. The van der Waals surface area contributed by atoms with Gasteiger partial charge in [0.1, 0.15) is 0 Å². The van der Waals surface area contributed by atoms with Gasteiger partial charge in [0.05, 0.1) is 0 Å². The number of hydrogen-bond acceptors (Lipinski definition) is 2. The van der Waals surface area contributed by atoms with Crippen molar-refractivity contribution in [3.63, 3.8) is 0 Å². The molecule has 3 rings (SSSR count). The van der Waals surface area contributed by atoms with Gasteiger partial charge in [-0.05, 0) is 42.8 Å². The zero-order valence-corrected chi connectivity index (χ0v) is 19.4. The van der Waals surface area contributed by atoms with Crippen LogP contribution >= 0.6 is 24.0 Å². The molecule has 150 valence electrons. The van der Waals surface area contributed by atoms with Gasteiger partial charge in [-0.1, -0.05) is 60.7 Å². The number of guanidine groups is 1. The Kier molecular flexibility index (Phi) is 8.99. The maximum Gasteiger partial charge on any atom is 0.194 e. The van der Waals surface area contributed by atoms with Crippen LogP contribution < -0.4 is 5.32 Å². The van der Waals surface area contributed by atoms with Gasteiger partial charge in [0.2, 0.25) is 0 Å². The van der Waals surface area contributed by atoms with E-state index in [2.05, 4.69) is 94.9 Å². The van der Waals surface area contributed by atoms with Gasteiger partial charge in [0.25, 0.3) is 0 Å². The molecule has 0 radical (unpaired) electrons. The van der Waals surface area contributed by atoms with E-state index in [1.54, 1.807) is 0 Å². The Morgan fingerprint density at radius 3 is 2.29 bits per heavy atom. The van der Waals surface area contributed by atoms with E-state index in [1.807, 2.05) is 7.05 Å². The molecule has 0 saturated heterocycles. The molecular formula is C23H31IN4. The fourth-order valence-corrected chi connectivity index (χ4v) is 3.42. The first-order chi connectivity index (χ1) is 13.2. The molecule has 0 unspecified atom stereocenters. The summed E-state index contributed by atoms with van der Waals surface area (Å²) >= 11 is 0. The van der Waals surface area contributed by atoms with Crippen LogP contribution in [0, 0.1) is 0 Å². The molecule has 0 aliphatic carbocycles. The molecule has 1 aliphatic heterocycles. The predicted molar refractivity (Wildman–Crippen MR) is 130 cm³/mol. The van der Waals surface area contributed by atoms with E-state index in [4.69, 9.17) is 0 Å². The summed E-state index contributed by atoms with van der Waals surface area (Å²) in [4.78, 5) is 8.97. The van der Waals surface area contributed by atoms with Crippen molar-refractivity contribution in [3.05, 3.63) is 77.4 Å². The van der Waals surface area contributed by atoms with Gasteiger partial charge in [0, 0.05) is 33.2 Å². The quantitative estimate of drug-likeness (QED) is 0.387. The second-order valence-corrected chi connectivity index (χ2v) is 7.25. The van der Waals surface area contributed by atoms with Crippen LogP contribution in [0.1, 0.15) is 23.1 Å². The molecule has 2 aromatic carbocycles. The number of rotatable bonds is 5. The molecule has 0 atom stereocenters. The number of nitrogens with one attached hydrogen (secondary N) is 1. The second kappa shape index (κ2) is 11.2. The molecule has 0 spiro atoms. The Labute approximate surface area is 186 Å². The Balaban J connectivity index is 0.00000280. The Morgan fingerprint density at radius 1 is 1.04 bits per heavy atom. The van der Waals surface area contributed by atoms with Crippen LogP contribution in [0.4, 0.5) is 0 Å². The zero-order chi connectivity index (χ0) is 19.1. The summed E-state index contributed by atoms with van der Waals surface area (Å²) in [6.07, 6.45) is 3.37. The highest BCUT2D eigenvalue weighted by Gasteiger charge is 2.16. The molecule has 1 aliphatic rings. The van der Waals surface area contributed by atoms with Crippen LogP contribution in [-0.2, 0) is 13.1 Å². The SMILES string of the molecule is CN=C(NCc1ccc(CN(C)C)cc1)N1CC=C(c2ccccc2)CC1.I. The summed E-state index contributed by atoms with van der Waals surface area (Å²) in [5.41, 5.74) is 5.37. The number of halogens is 1. The summed E-state index contributed by atoms with van der Waals surface area (Å²) < 4.78 is 0. The van der Waals surface area contributed by atoms with E-state index in [-0.39, 0.29) is 24.0 Å². The number of benzene rings is 2. The molecule has 28 heavy (non-hydrogen) atoms. The van der Waals surface area contributed by atoms with Gasteiger partial charge in [0.15, 0.2) is 5.96 Å². The summed E-state index contributed by atoms with van der Waals surface area (Å²) in [6.45, 7) is 3.65. The Morgan fingerprint density at radius 2 is 1.71 bits per heavy atom. The maximum atomic E-state index is 4.48. The molecule has 0 bridgehead atoms. The van der Waals surface area contributed by atoms with E-state index < -0.39 is 0 Å². The van der Waals surface area contributed by atoms with Crippen LogP contribution in [-0.4, -0.2) is 50.0 Å². The molecule has 0 saturated carbocycles. The summed E-state index contributed by atoms with van der Waals surface area (Å²) in [6, 6.07) is 19.5. The third-order valence-corrected chi connectivity index (χ3v) is 4.84. The van der Waals surface area contributed by atoms with Crippen molar-refractivity contribution in [2.45, 2.75) is 19.5 Å². The minimum absolute atomic E-state index is 0. The zero-order valence-electron chi connectivity index (χ0n) is 17.1. The summed E-state index contributed by atoms with van der Waals surface area (Å²) in [5, 5.41) is 3.51. The maximum absolute atomic E-state index is 4.48. The standard InChI is InChI=1S/C23H30N4.HI/c1-24-23(25-17-19-9-11-20(12-10-19)18-26(2)3)27-15-13-22(14-16-27)21-7-5-4-6-8-21;/h4-13H,14-18H2,1-3H3,(H,24,25);1H. The van der Waals surface area contributed by atoms with Crippen LogP contribution in [0.3, 0.4) is 0 Å². The summed E-state index contributed by atoms with van der Waals surface area (Å²) in [5.74, 6) is 0.968. The van der Waals surface area contributed by atoms with Gasteiger partial charge < -0.3 is 15.1 Å². The molecule has 0 aromatic heterocycles. The number of nitrogens with zero attached hydrogens (tertiary/aromatic N) is 3. The van der Waals surface area contributed by atoms with E-state index in [1.165, 1.54) is 22.3 Å². The van der Waals surface area contributed by atoms with Crippen molar-refractivity contribution in [1.29, 1.82) is 0 Å². The molecule has 0 amide bonds. The fourth-order valence-electron chi connectivity index (χ4n) is 3.42. The van der Waals surface area contributed by atoms with Gasteiger partial charge in [-0.15, -0.1) is 24.0 Å². The monoisotopic (exact) mass is 490 g/mol. The molecule has 5 heteroatoms.